The van der Waals surface area contributed by atoms with Crippen LogP contribution in [0, 0.1) is 0 Å². The number of methoxy groups -OCH3 is 1. The zero-order valence-corrected chi connectivity index (χ0v) is 20.4. The number of ether oxygens (including phenoxy) is 2. The van der Waals surface area contributed by atoms with E-state index >= 15 is 0 Å². The number of aliphatic imine (C=N–C) groups is 1. The Morgan fingerprint density at radius 2 is 1.90 bits per heavy atom. The van der Waals surface area contributed by atoms with Gasteiger partial charge >= 0.3 is 0 Å². The number of carbonyl (C=O) groups is 1. The van der Waals surface area contributed by atoms with Crippen LogP contribution in [0.15, 0.2) is 52.1 Å². The van der Waals surface area contributed by atoms with Gasteiger partial charge in [0, 0.05) is 59.9 Å². The second-order valence-corrected chi connectivity index (χ2v) is 7.00. The SMILES string of the molecule is CN=C(NCc1cccc(OCCCOC)c1)N1CCN(C(=O)c2ccco2)CC1.I. The predicted molar refractivity (Wildman–Crippen MR) is 130 cm³/mol. The molecular weight excluding hydrogens is 511 g/mol. The van der Waals surface area contributed by atoms with Crippen LogP contribution < -0.4 is 10.1 Å². The monoisotopic (exact) mass is 542 g/mol. The van der Waals surface area contributed by atoms with E-state index in [9.17, 15) is 4.79 Å². The molecule has 1 saturated heterocycles. The van der Waals surface area contributed by atoms with Crippen LogP contribution in [0.3, 0.4) is 0 Å². The van der Waals surface area contributed by atoms with E-state index in [2.05, 4.69) is 21.3 Å². The number of benzene rings is 1. The number of furan rings is 1. The molecule has 1 N–H and O–H groups in total. The van der Waals surface area contributed by atoms with Gasteiger partial charge in [0.1, 0.15) is 5.75 Å². The highest BCUT2D eigenvalue weighted by Crippen LogP contribution is 2.14. The van der Waals surface area contributed by atoms with E-state index in [1.807, 2.05) is 23.1 Å². The van der Waals surface area contributed by atoms with Gasteiger partial charge in [-0.05, 0) is 29.8 Å². The van der Waals surface area contributed by atoms with Crippen LogP contribution in [-0.4, -0.2) is 75.2 Å². The molecule has 2 heterocycles. The fourth-order valence-electron chi connectivity index (χ4n) is 3.33. The summed E-state index contributed by atoms with van der Waals surface area (Å²) in [6, 6.07) is 11.5. The summed E-state index contributed by atoms with van der Waals surface area (Å²) in [5, 5.41) is 3.41. The van der Waals surface area contributed by atoms with Gasteiger partial charge in [0.15, 0.2) is 11.7 Å². The Bertz CT molecular complexity index is 821. The Morgan fingerprint density at radius 3 is 2.58 bits per heavy atom. The molecule has 0 radical (unpaired) electrons. The Hall–Kier alpha value is -2.27. The second kappa shape index (κ2) is 13.2. The summed E-state index contributed by atoms with van der Waals surface area (Å²) in [5.41, 5.74) is 1.12. The number of rotatable bonds is 8. The summed E-state index contributed by atoms with van der Waals surface area (Å²) in [4.78, 5) is 20.8. The maximum Gasteiger partial charge on any atom is 0.289 e. The quantitative estimate of drug-likeness (QED) is 0.239. The number of hydrogen-bond donors (Lipinski definition) is 1. The van der Waals surface area contributed by atoms with Crippen molar-refractivity contribution in [1.29, 1.82) is 0 Å². The van der Waals surface area contributed by atoms with Gasteiger partial charge in [-0.3, -0.25) is 9.79 Å². The standard InChI is InChI=1S/C22H30N4O4.HI/c1-23-22(24-17-18-6-3-7-19(16-18)29-15-5-13-28-2)26-11-9-25(10-12-26)21(27)20-8-4-14-30-20;/h3-4,6-8,14,16H,5,9-13,15,17H2,1-2H3,(H,23,24);1H. The van der Waals surface area contributed by atoms with Gasteiger partial charge in [0.2, 0.25) is 0 Å². The molecule has 0 bridgehead atoms. The van der Waals surface area contributed by atoms with Crippen molar-refractivity contribution >= 4 is 35.8 Å². The van der Waals surface area contributed by atoms with Crippen molar-refractivity contribution in [3.8, 4) is 5.75 Å². The van der Waals surface area contributed by atoms with E-state index in [-0.39, 0.29) is 29.9 Å². The zero-order chi connectivity index (χ0) is 21.2. The third-order valence-electron chi connectivity index (χ3n) is 4.92. The van der Waals surface area contributed by atoms with Gasteiger partial charge in [0.25, 0.3) is 5.91 Å². The molecule has 0 unspecified atom stereocenters. The van der Waals surface area contributed by atoms with Crippen LogP contribution in [0.2, 0.25) is 0 Å². The van der Waals surface area contributed by atoms with E-state index in [1.54, 1.807) is 26.3 Å². The first-order valence-corrected chi connectivity index (χ1v) is 10.2. The molecule has 0 spiro atoms. The van der Waals surface area contributed by atoms with Crippen molar-refractivity contribution in [3.63, 3.8) is 0 Å². The zero-order valence-electron chi connectivity index (χ0n) is 18.1. The first-order chi connectivity index (χ1) is 14.7. The Morgan fingerprint density at radius 1 is 1.13 bits per heavy atom. The molecule has 1 fully saturated rings. The van der Waals surface area contributed by atoms with Gasteiger partial charge in [-0.2, -0.15) is 0 Å². The van der Waals surface area contributed by atoms with Crippen molar-refractivity contribution in [2.45, 2.75) is 13.0 Å². The van der Waals surface area contributed by atoms with Gasteiger partial charge in [-0.25, -0.2) is 0 Å². The molecule has 8 nitrogen and oxygen atoms in total. The number of guanidine groups is 1. The highest BCUT2D eigenvalue weighted by Gasteiger charge is 2.25. The van der Waals surface area contributed by atoms with Crippen LogP contribution in [0.1, 0.15) is 22.5 Å². The van der Waals surface area contributed by atoms with Crippen LogP contribution in [0.5, 0.6) is 5.75 Å². The molecule has 1 aliphatic rings. The fourth-order valence-corrected chi connectivity index (χ4v) is 3.33. The topological polar surface area (TPSA) is 79.5 Å². The average molecular weight is 542 g/mol. The predicted octanol–water partition coefficient (Wildman–Crippen LogP) is 2.85. The number of amides is 1. The minimum absolute atomic E-state index is 0. The summed E-state index contributed by atoms with van der Waals surface area (Å²) in [6.45, 7) is 4.67. The molecule has 1 aromatic carbocycles. The molecule has 31 heavy (non-hydrogen) atoms. The molecular formula is C22H31IN4O4. The normalized spacial score (nSPS) is 14.2. The Balaban J connectivity index is 0.00000341. The number of carbonyl (C=O) groups excluding carboxylic acids is 1. The number of nitrogens with one attached hydrogen (secondary N) is 1. The average Bonchev–Trinajstić information content (AvgIpc) is 3.32. The highest BCUT2D eigenvalue weighted by molar-refractivity contribution is 14.0. The molecule has 170 valence electrons. The number of piperazine rings is 1. The Kier molecular flexibility index (Phi) is 10.6. The van der Waals surface area contributed by atoms with Crippen LogP contribution in [0.4, 0.5) is 0 Å². The van der Waals surface area contributed by atoms with Crippen LogP contribution >= 0.6 is 24.0 Å². The largest absolute Gasteiger partial charge is 0.493 e. The summed E-state index contributed by atoms with van der Waals surface area (Å²) >= 11 is 0. The first-order valence-electron chi connectivity index (χ1n) is 10.2. The highest BCUT2D eigenvalue weighted by atomic mass is 127. The molecule has 3 rings (SSSR count). The fraction of sp³-hybridized carbons (Fsp3) is 0.455. The van der Waals surface area contributed by atoms with Gasteiger partial charge in [0.05, 0.1) is 12.9 Å². The minimum Gasteiger partial charge on any atom is -0.493 e. The number of halogens is 1. The van der Waals surface area contributed by atoms with Gasteiger partial charge in [-0.1, -0.05) is 12.1 Å². The van der Waals surface area contributed by atoms with Crippen molar-refractivity contribution in [3.05, 3.63) is 54.0 Å². The maximum absolute atomic E-state index is 12.4. The van der Waals surface area contributed by atoms with E-state index < -0.39 is 0 Å². The lowest BCUT2D eigenvalue weighted by Crippen LogP contribution is -2.53. The van der Waals surface area contributed by atoms with E-state index in [1.165, 1.54) is 6.26 Å². The third kappa shape index (κ3) is 7.42. The summed E-state index contributed by atoms with van der Waals surface area (Å²) < 4.78 is 16.0. The van der Waals surface area contributed by atoms with Gasteiger partial charge < -0.3 is 29.0 Å². The summed E-state index contributed by atoms with van der Waals surface area (Å²) in [5.74, 6) is 2.00. The molecule has 0 atom stereocenters. The number of nitrogens with zero attached hydrogens (tertiary/aromatic N) is 3. The molecule has 9 heteroatoms. The molecule has 1 aromatic heterocycles. The lowest BCUT2D eigenvalue weighted by atomic mass is 10.2. The molecule has 0 aliphatic carbocycles. The third-order valence-corrected chi connectivity index (χ3v) is 4.92. The van der Waals surface area contributed by atoms with Crippen molar-refractivity contribution < 1.29 is 18.7 Å². The van der Waals surface area contributed by atoms with Crippen LogP contribution in [0.25, 0.3) is 0 Å². The smallest absolute Gasteiger partial charge is 0.289 e. The van der Waals surface area contributed by atoms with Gasteiger partial charge in [-0.15, -0.1) is 24.0 Å². The Labute approximate surface area is 200 Å². The van der Waals surface area contributed by atoms with E-state index in [0.29, 0.717) is 38.6 Å². The van der Waals surface area contributed by atoms with Crippen molar-refractivity contribution in [2.75, 3.05) is 53.6 Å². The maximum atomic E-state index is 12.4. The molecule has 1 amide bonds. The molecule has 1 aliphatic heterocycles. The van der Waals surface area contributed by atoms with Crippen molar-refractivity contribution in [1.82, 2.24) is 15.1 Å². The van der Waals surface area contributed by atoms with Crippen LogP contribution in [-0.2, 0) is 11.3 Å². The first kappa shape index (κ1) is 25.0. The minimum atomic E-state index is -0.0649. The molecule has 0 saturated carbocycles. The second-order valence-electron chi connectivity index (χ2n) is 7.00. The van der Waals surface area contributed by atoms with E-state index in [0.717, 1.165) is 36.8 Å². The van der Waals surface area contributed by atoms with E-state index in [4.69, 9.17) is 13.9 Å². The number of hydrogen-bond acceptors (Lipinski definition) is 5. The summed E-state index contributed by atoms with van der Waals surface area (Å²) in [7, 11) is 3.47. The lowest BCUT2D eigenvalue weighted by Gasteiger charge is -2.36. The van der Waals surface area contributed by atoms with Crippen molar-refractivity contribution in [2.24, 2.45) is 4.99 Å². The molecule has 2 aromatic rings. The lowest BCUT2D eigenvalue weighted by molar-refractivity contribution is 0.0657. The summed E-state index contributed by atoms with van der Waals surface area (Å²) in [6.07, 6.45) is 2.38.